The van der Waals surface area contributed by atoms with E-state index in [1.54, 1.807) is 6.92 Å². The van der Waals surface area contributed by atoms with E-state index in [9.17, 15) is 9.59 Å². The number of pyridine rings is 1. The largest absolute Gasteiger partial charge is 0.465 e. The monoisotopic (exact) mass is 266 g/mol. The van der Waals surface area contributed by atoms with E-state index in [1.165, 1.54) is 19.4 Å². The molecule has 0 aliphatic heterocycles. The van der Waals surface area contributed by atoms with Crippen LogP contribution in [0.2, 0.25) is 0 Å². The standard InChI is InChI=1S/C12H18N4O3/c1-4-14-11(17)7(2)16-10-9(13)8(5-6-15-10)12(18)19-3/h5-7H,4,13H2,1-3H3,(H,14,17)(H,15,16). The van der Waals surface area contributed by atoms with E-state index in [4.69, 9.17) is 5.73 Å². The smallest absolute Gasteiger partial charge is 0.340 e. The zero-order valence-electron chi connectivity index (χ0n) is 11.2. The number of ether oxygens (including phenoxy) is 1. The highest BCUT2D eigenvalue weighted by Crippen LogP contribution is 2.21. The normalized spacial score (nSPS) is 11.5. The fourth-order valence-electron chi connectivity index (χ4n) is 1.47. The number of amides is 1. The Kier molecular flexibility index (Phi) is 5.11. The zero-order valence-corrected chi connectivity index (χ0v) is 11.2. The Labute approximate surface area is 111 Å². The van der Waals surface area contributed by atoms with E-state index in [0.717, 1.165) is 0 Å². The summed E-state index contributed by atoms with van der Waals surface area (Å²) in [5.41, 5.74) is 6.19. The molecular formula is C12H18N4O3. The van der Waals surface area contributed by atoms with Crippen LogP contribution >= 0.6 is 0 Å². The molecule has 1 aromatic heterocycles. The minimum atomic E-state index is -0.548. The summed E-state index contributed by atoms with van der Waals surface area (Å²) >= 11 is 0. The molecule has 1 amide bonds. The number of methoxy groups -OCH3 is 1. The lowest BCUT2D eigenvalue weighted by Crippen LogP contribution is -2.37. The van der Waals surface area contributed by atoms with Crippen molar-refractivity contribution in [2.24, 2.45) is 0 Å². The minimum absolute atomic E-state index is 0.158. The number of aromatic nitrogens is 1. The van der Waals surface area contributed by atoms with Crippen LogP contribution in [0.3, 0.4) is 0 Å². The molecule has 104 valence electrons. The Bertz CT molecular complexity index is 476. The summed E-state index contributed by atoms with van der Waals surface area (Å²) in [5.74, 6) is -0.442. The van der Waals surface area contributed by atoms with Crippen molar-refractivity contribution in [2.75, 3.05) is 24.7 Å². The van der Waals surface area contributed by atoms with Gasteiger partial charge in [0.2, 0.25) is 5.91 Å². The third-order valence-corrected chi connectivity index (χ3v) is 2.49. The molecule has 1 atom stereocenters. The fourth-order valence-corrected chi connectivity index (χ4v) is 1.47. The van der Waals surface area contributed by atoms with Gasteiger partial charge >= 0.3 is 5.97 Å². The van der Waals surface area contributed by atoms with Gasteiger partial charge in [0.15, 0.2) is 5.82 Å². The van der Waals surface area contributed by atoms with Crippen molar-refractivity contribution in [3.63, 3.8) is 0 Å². The zero-order chi connectivity index (χ0) is 14.4. The number of nitrogens with zero attached hydrogens (tertiary/aromatic N) is 1. The third kappa shape index (κ3) is 3.57. The lowest BCUT2D eigenvalue weighted by atomic mass is 10.2. The van der Waals surface area contributed by atoms with Gasteiger partial charge in [-0.1, -0.05) is 0 Å². The molecule has 0 aliphatic carbocycles. The minimum Gasteiger partial charge on any atom is -0.465 e. The first-order valence-electron chi connectivity index (χ1n) is 5.88. The van der Waals surface area contributed by atoms with Gasteiger partial charge in [0.05, 0.1) is 18.4 Å². The predicted octanol–water partition coefficient (Wildman–Crippen LogP) is 0.387. The van der Waals surface area contributed by atoms with Gasteiger partial charge < -0.3 is 21.1 Å². The Morgan fingerprint density at radius 1 is 1.53 bits per heavy atom. The third-order valence-electron chi connectivity index (χ3n) is 2.49. The van der Waals surface area contributed by atoms with Crippen LogP contribution in [0.5, 0.6) is 0 Å². The molecule has 0 fully saturated rings. The molecule has 7 heteroatoms. The number of nitrogens with two attached hydrogens (primary N) is 1. The quantitative estimate of drug-likeness (QED) is 0.665. The summed E-state index contributed by atoms with van der Waals surface area (Å²) in [6.45, 7) is 4.04. The molecule has 0 aromatic carbocycles. The number of esters is 1. The van der Waals surface area contributed by atoms with Crippen molar-refractivity contribution >= 4 is 23.4 Å². The van der Waals surface area contributed by atoms with Crippen LogP contribution < -0.4 is 16.4 Å². The molecule has 1 heterocycles. The molecule has 1 rings (SSSR count). The molecule has 0 radical (unpaired) electrons. The maximum absolute atomic E-state index is 11.6. The molecular weight excluding hydrogens is 248 g/mol. The van der Waals surface area contributed by atoms with Gasteiger partial charge in [0.25, 0.3) is 0 Å². The fraction of sp³-hybridized carbons (Fsp3) is 0.417. The van der Waals surface area contributed by atoms with Crippen LogP contribution in [-0.4, -0.2) is 36.6 Å². The molecule has 4 N–H and O–H groups in total. The van der Waals surface area contributed by atoms with Gasteiger partial charge in [-0.3, -0.25) is 4.79 Å². The van der Waals surface area contributed by atoms with Gasteiger partial charge in [0.1, 0.15) is 6.04 Å². The summed E-state index contributed by atoms with van der Waals surface area (Å²) < 4.78 is 4.61. The van der Waals surface area contributed by atoms with Crippen molar-refractivity contribution in [1.29, 1.82) is 0 Å². The molecule has 0 aliphatic rings. The number of carbonyl (C=O) groups excluding carboxylic acids is 2. The van der Waals surface area contributed by atoms with Crippen molar-refractivity contribution in [3.05, 3.63) is 17.8 Å². The number of nitrogens with one attached hydrogen (secondary N) is 2. The number of hydrogen-bond acceptors (Lipinski definition) is 6. The topological polar surface area (TPSA) is 106 Å². The molecule has 0 saturated heterocycles. The highest BCUT2D eigenvalue weighted by Gasteiger charge is 2.17. The van der Waals surface area contributed by atoms with Crippen molar-refractivity contribution < 1.29 is 14.3 Å². The van der Waals surface area contributed by atoms with Gasteiger partial charge in [0, 0.05) is 12.7 Å². The molecule has 0 saturated carbocycles. The van der Waals surface area contributed by atoms with E-state index in [0.29, 0.717) is 6.54 Å². The molecule has 1 aromatic rings. The summed E-state index contributed by atoms with van der Waals surface area (Å²) in [5, 5.41) is 5.53. The second-order valence-corrected chi connectivity index (χ2v) is 3.87. The highest BCUT2D eigenvalue weighted by molar-refractivity contribution is 5.98. The highest BCUT2D eigenvalue weighted by atomic mass is 16.5. The number of carbonyl (C=O) groups is 2. The summed E-state index contributed by atoms with van der Waals surface area (Å²) in [6.07, 6.45) is 1.43. The Morgan fingerprint density at radius 2 is 2.21 bits per heavy atom. The van der Waals surface area contributed by atoms with Crippen molar-refractivity contribution in [3.8, 4) is 0 Å². The Balaban J connectivity index is 2.90. The van der Waals surface area contributed by atoms with Gasteiger partial charge in [-0.2, -0.15) is 0 Å². The maximum atomic E-state index is 11.6. The van der Waals surface area contributed by atoms with Crippen LogP contribution in [-0.2, 0) is 9.53 Å². The number of nitrogen functional groups attached to an aromatic ring is 1. The van der Waals surface area contributed by atoms with Gasteiger partial charge in [-0.05, 0) is 19.9 Å². The summed E-state index contributed by atoms with van der Waals surface area (Å²) in [7, 11) is 1.27. The molecule has 7 nitrogen and oxygen atoms in total. The van der Waals surface area contributed by atoms with Crippen molar-refractivity contribution in [1.82, 2.24) is 10.3 Å². The Hall–Kier alpha value is -2.31. The number of hydrogen-bond donors (Lipinski definition) is 3. The number of rotatable bonds is 5. The van der Waals surface area contributed by atoms with Crippen LogP contribution in [0.1, 0.15) is 24.2 Å². The summed E-state index contributed by atoms with van der Waals surface area (Å²) in [6, 6.07) is 0.950. The number of anilines is 2. The average molecular weight is 266 g/mol. The Morgan fingerprint density at radius 3 is 2.79 bits per heavy atom. The lowest BCUT2D eigenvalue weighted by molar-refractivity contribution is -0.121. The van der Waals surface area contributed by atoms with Crippen LogP contribution in [0.25, 0.3) is 0 Å². The lowest BCUT2D eigenvalue weighted by Gasteiger charge is -2.16. The molecule has 0 spiro atoms. The first kappa shape index (κ1) is 14.7. The summed E-state index contributed by atoms with van der Waals surface area (Å²) in [4.78, 5) is 27.1. The van der Waals surface area contributed by atoms with Crippen molar-refractivity contribution in [2.45, 2.75) is 19.9 Å². The van der Waals surface area contributed by atoms with E-state index < -0.39 is 12.0 Å². The van der Waals surface area contributed by atoms with Crippen LogP contribution in [0.15, 0.2) is 12.3 Å². The second kappa shape index (κ2) is 6.58. The van der Waals surface area contributed by atoms with E-state index in [1.807, 2.05) is 6.92 Å². The second-order valence-electron chi connectivity index (χ2n) is 3.87. The first-order valence-corrected chi connectivity index (χ1v) is 5.88. The van der Waals surface area contributed by atoms with Gasteiger partial charge in [-0.25, -0.2) is 9.78 Å². The number of likely N-dealkylation sites (N-methyl/N-ethyl adjacent to an activating group) is 1. The predicted molar refractivity (Wildman–Crippen MR) is 71.8 cm³/mol. The maximum Gasteiger partial charge on any atom is 0.340 e. The van der Waals surface area contributed by atoms with E-state index in [-0.39, 0.29) is 23.0 Å². The molecule has 0 bridgehead atoms. The van der Waals surface area contributed by atoms with E-state index in [2.05, 4.69) is 20.4 Å². The van der Waals surface area contributed by atoms with Crippen LogP contribution in [0, 0.1) is 0 Å². The SMILES string of the molecule is CCNC(=O)C(C)Nc1nccc(C(=O)OC)c1N. The molecule has 1 unspecified atom stereocenters. The van der Waals surface area contributed by atoms with Gasteiger partial charge in [-0.15, -0.1) is 0 Å². The first-order chi connectivity index (χ1) is 9.01. The van der Waals surface area contributed by atoms with E-state index >= 15 is 0 Å². The average Bonchev–Trinajstić information content (AvgIpc) is 2.40. The van der Waals surface area contributed by atoms with Crippen LogP contribution in [0.4, 0.5) is 11.5 Å². The molecule has 19 heavy (non-hydrogen) atoms.